The molecule has 1 spiro atoms. The zero-order chi connectivity index (χ0) is 22.3. The molecule has 3 aromatic rings. The number of benzene rings is 2. The number of aryl methyl sites for hydroxylation is 1. The van der Waals surface area contributed by atoms with E-state index in [4.69, 9.17) is 0 Å². The van der Waals surface area contributed by atoms with Gasteiger partial charge in [-0.3, -0.25) is 0 Å². The van der Waals surface area contributed by atoms with Crippen LogP contribution in [0.4, 0.5) is 9.52 Å². The third-order valence-corrected chi connectivity index (χ3v) is 9.42. The molecule has 2 aliphatic heterocycles. The minimum Gasteiger partial charge on any atom is -0.346 e. The summed E-state index contributed by atoms with van der Waals surface area (Å²) in [5.41, 5.74) is 1.92. The van der Waals surface area contributed by atoms with Crippen LogP contribution < -0.4 is 4.90 Å². The highest BCUT2D eigenvalue weighted by Gasteiger charge is 2.47. The number of hydrogen-bond donors (Lipinski definition) is 0. The Morgan fingerprint density at radius 2 is 1.75 bits per heavy atom. The van der Waals surface area contributed by atoms with Crippen LogP contribution in [0, 0.1) is 18.2 Å². The highest BCUT2D eigenvalue weighted by Crippen LogP contribution is 2.44. The van der Waals surface area contributed by atoms with Gasteiger partial charge in [0.25, 0.3) is 0 Å². The van der Waals surface area contributed by atoms with Crippen molar-refractivity contribution in [2.75, 3.05) is 31.1 Å². The Kier molecular flexibility index (Phi) is 5.51. The van der Waals surface area contributed by atoms with E-state index < -0.39 is 10.0 Å². The summed E-state index contributed by atoms with van der Waals surface area (Å²) in [4.78, 5) is 7.31. The van der Waals surface area contributed by atoms with Gasteiger partial charge in [-0.1, -0.05) is 30.3 Å². The normalized spacial score (nSPS) is 18.6. The lowest BCUT2D eigenvalue weighted by Gasteiger charge is -2.53. The van der Waals surface area contributed by atoms with E-state index in [0.29, 0.717) is 24.4 Å². The van der Waals surface area contributed by atoms with E-state index in [2.05, 4.69) is 14.3 Å². The molecule has 2 aromatic carbocycles. The summed E-state index contributed by atoms with van der Waals surface area (Å²) in [6.07, 6.45) is 2.30. The largest absolute Gasteiger partial charge is 0.346 e. The first-order valence-corrected chi connectivity index (χ1v) is 12.9. The molecule has 2 saturated heterocycles. The summed E-state index contributed by atoms with van der Waals surface area (Å²) >= 11 is 1.39. The van der Waals surface area contributed by atoms with E-state index in [1.54, 1.807) is 28.6 Å². The van der Waals surface area contributed by atoms with Gasteiger partial charge in [-0.25, -0.2) is 17.8 Å². The highest BCUT2D eigenvalue weighted by molar-refractivity contribution is 7.89. The highest BCUT2D eigenvalue weighted by atomic mass is 32.2. The Morgan fingerprint density at radius 1 is 1.06 bits per heavy atom. The van der Waals surface area contributed by atoms with Crippen molar-refractivity contribution in [2.24, 2.45) is 5.41 Å². The van der Waals surface area contributed by atoms with Gasteiger partial charge in [-0.15, -0.1) is 0 Å². The van der Waals surface area contributed by atoms with Crippen molar-refractivity contribution in [1.82, 2.24) is 13.7 Å². The minimum atomic E-state index is -3.45. The Balaban J connectivity index is 1.18. The predicted octanol–water partition coefficient (Wildman–Crippen LogP) is 3.87. The smallest absolute Gasteiger partial charge is 0.243 e. The molecule has 6 nitrogen and oxygen atoms in total. The lowest BCUT2D eigenvalue weighted by molar-refractivity contribution is 0.114. The van der Waals surface area contributed by atoms with E-state index in [9.17, 15) is 12.8 Å². The van der Waals surface area contributed by atoms with Crippen LogP contribution in [0.5, 0.6) is 0 Å². The van der Waals surface area contributed by atoms with Crippen LogP contribution in [-0.2, 0) is 16.4 Å². The van der Waals surface area contributed by atoms with Crippen molar-refractivity contribution in [3.05, 3.63) is 71.3 Å². The molecule has 2 aliphatic rings. The molecular formula is C23H25FN4O2S2. The van der Waals surface area contributed by atoms with Crippen molar-refractivity contribution in [3.8, 4) is 0 Å². The second-order valence-electron chi connectivity index (χ2n) is 8.82. The maximum Gasteiger partial charge on any atom is 0.243 e. The topological polar surface area (TPSA) is 66.4 Å². The summed E-state index contributed by atoms with van der Waals surface area (Å²) < 4.78 is 45.3. The average molecular weight is 473 g/mol. The first kappa shape index (κ1) is 21.5. The second kappa shape index (κ2) is 8.20. The zero-order valence-corrected chi connectivity index (χ0v) is 19.5. The van der Waals surface area contributed by atoms with Crippen LogP contribution in [0.2, 0.25) is 0 Å². The molecule has 168 valence electrons. The van der Waals surface area contributed by atoms with Gasteiger partial charge in [0.15, 0.2) is 0 Å². The SMILES string of the molecule is Cc1ccccc1S(=O)(=O)N1CCC2(CC1)CN(c1nc(Cc3ccc(F)cc3)ns1)C2. The number of piperidine rings is 1. The fourth-order valence-electron chi connectivity index (χ4n) is 4.63. The number of sulfonamides is 1. The van der Waals surface area contributed by atoms with Crippen molar-refractivity contribution >= 4 is 26.7 Å². The van der Waals surface area contributed by atoms with Gasteiger partial charge in [0, 0.05) is 49.5 Å². The van der Waals surface area contributed by atoms with Gasteiger partial charge in [0.05, 0.1) is 4.90 Å². The van der Waals surface area contributed by atoms with Gasteiger partial charge in [-0.2, -0.15) is 8.68 Å². The van der Waals surface area contributed by atoms with Crippen LogP contribution in [0.1, 0.15) is 29.8 Å². The minimum absolute atomic E-state index is 0.153. The van der Waals surface area contributed by atoms with Gasteiger partial charge in [0.2, 0.25) is 15.2 Å². The van der Waals surface area contributed by atoms with E-state index in [1.165, 1.54) is 23.7 Å². The van der Waals surface area contributed by atoms with Crippen LogP contribution in [0.25, 0.3) is 0 Å². The number of aromatic nitrogens is 2. The molecule has 0 atom stereocenters. The Morgan fingerprint density at radius 3 is 2.44 bits per heavy atom. The molecule has 0 bridgehead atoms. The lowest BCUT2D eigenvalue weighted by Crippen LogP contribution is -2.61. The summed E-state index contributed by atoms with van der Waals surface area (Å²) in [5.74, 6) is 0.501. The molecule has 32 heavy (non-hydrogen) atoms. The third-order valence-electron chi connectivity index (χ3n) is 6.55. The molecule has 0 unspecified atom stereocenters. The van der Waals surface area contributed by atoms with Crippen molar-refractivity contribution in [3.63, 3.8) is 0 Å². The van der Waals surface area contributed by atoms with Gasteiger partial charge in [0.1, 0.15) is 11.6 Å². The predicted molar refractivity (Wildman–Crippen MR) is 123 cm³/mol. The van der Waals surface area contributed by atoms with Crippen LogP contribution in [0.15, 0.2) is 53.4 Å². The van der Waals surface area contributed by atoms with Crippen molar-refractivity contribution < 1.29 is 12.8 Å². The number of halogens is 1. The van der Waals surface area contributed by atoms with Crippen molar-refractivity contribution in [1.29, 1.82) is 0 Å². The Bertz CT molecular complexity index is 1210. The zero-order valence-electron chi connectivity index (χ0n) is 17.9. The standard InChI is InChI=1S/C23H25FN4O2S2/c1-17-4-2-3-5-20(17)32(29,30)28-12-10-23(11-13-28)15-27(16-23)22-25-21(26-31-22)14-18-6-8-19(24)9-7-18/h2-9H,10-16H2,1H3. The second-order valence-corrected chi connectivity index (χ2v) is 11.5. The van der Waals surface area contributed by atoms with E-state index in [1.807, 2.05) is 19.1 Å². The lowest BCUT2D eigenvalue weighted by atomic mass is 9.73. The van der Waals surface area contributed by atoms with Crippen molar-refractivity contribution in [2.45, 2.75) is 31.1 Å². The van der Waals surface area contributed by atoms with E-state index in [0.717, 1.165) is 48.0 Å². The molecular weight excluding hydrogens is 447 g/mol. The first-order chi connectivity index (χ1) is 15.3. The van der Waals surface area contributed by atoms with Crippen LogP contribution >= 0.6 is 11.5 Å². The summed E-state index contributed by atoms with van der Waals surface area (Å²) in [6, 6.07) is 13.6. The van der Waals surface area contributed by atoms with E-state index >= 15 is 0 Å². The molecule has 1 aromatic heterocycles. The molecule has 2 fully saturated rings. The first-order valence-electron chi connectivity index (χ1n) is 10.7. The maximum absolute atomic E-state index is 13.1. The van der Waals surface area contributed by atoms with Gasteiger partial charge >= 0.3 is 0 Å². The Hall–Kier alpha value is -2.36. The molecule has 0 N–H and O–H groups in total. The fourth-order valence-corrected chi connectivity index (χ4v) is 6.98. The number of nitrogens with zero attached hydrogens (tertiary/aromatic N) is 4. The number of rotatable bonds is 5. The molecule has 3 heterocycles. The monoisotopic (exact) mass is 472 g/mol. The fraction of sp³-hybridized carbons (Fsp3) is 0.391. The van der Waals surface area contributed by atoms with E-state index in [-0.39, 0.29) is 11.2 Å². The number of hydrogen-bond acceptors (Lipinski definition) is 6. The average Bonchev–Trinajstić information content (AvgIpc) is 3.22. The van der Waals surface area contributed by atoms with Gasteiger partial charge < -0.3 is 4.90 Å². The van der Waals surface area contributed by atoms with Crippen LogP contribution in [-0.4, -0.2) is 48.3 Å². The molecule has 9 heteroatoms. The summed E-state index contributed by atoms with van der Waals surface area (Å²) in [5, 5.41) is 0.905. The Labute approximate surface area is 191 Å². The molecule has 0 radical (unpaired) electrons. The molecule has 5 rings (SSSR count). The third kappa shape index (κ3) is 4.04. The van der Waals surface area contributed by atoms with Gasteiger partial charge in [-0.05, 0) is 49.1 Å². The molecule has 0 aliphatic carbocycles. The van der Waals surface area contributed by atoms with Crippen LogP contribution in [0.3, 0.4) is 0 Å². The quantitative estimate of drug-likeness (QED) is 0.564. The molecule has 0 saturated carbocycles. The number of anilines is 1. The molecule has 0 amide bonds. The maximum atomic E-state index is 13.1. The summed E-state index contributed by atoms with van der Waals surface area (Å²) in [6.45, 7) is 4.72. The summed E-state index contributed by atoms with van der Waals surface area (Å²) in [7, 11) is -3.45.